The number of aromatic amines is 1. The number of pyridine rings is 1. The number of anilines is 1. The second-order valence-corrected chi connectivity index (χ2v) is 3.85. The van der Waals surface area contributed by atoms with E-state index in [0.717, 1.165) is 24.2 Å². The second kappa shape index (κ2) is 2.24. The maximum atomic E-state index is 6.02. The summed E-state index contributed by atoms with van der Waals surface area (Å²) in [5.41, 5.74) is 12.9. The maximum absolute atomic E-state index is 6.02. The van der Waals surface area contributed by atoms with Crippen LogP contribution in [0.1, 0.15) is 18.7 Å². The molecule has 0 unspecified atom stereocenters. The molecule has 0 saturated heterocycles. The summed E-state index contributed by atoms with van der Waals surface area (Å²) in [5.74, 6) is 1.31. The molecule has 0 aromatic carbocycles. The lowest BCUT2D eigenvalue weighted by Gasteiger charge is -2.00. The summed E-state index contributed by atoms with van der Waals surface area (Å²) >= 11 is 0. The zero-order valence-corrected chi connectivity index (χ0v) is 7.62. The van der Waals surface area contributed by atoms with Gasteiger partial charge in [-0.3, -0.25) is 0 Å². The van der Waals surface area contributed by atoms with Gasteiger partial charge < -0.3 is 16.5 Å². The molecule has 3 rings (SSSR count). The SMILES string of the molecule is Nc1ccc2[nH]c(C3(N)CC3)nc2n1. The van der Waals surface area contributed by atoms with E-state index in [1.165, 1.54) is 0 Å². The number of nitrogens with zero attached hydrogens (tertiary/aromatic N) is 2. The quantitative estimate of drug-likeness (QED) is 0.608. The summed E-state index contributed by atoms with van der Waals surface area (Å²) in [6.07, 6.45) is 1.98. The smallest absolute Gasteiger partial charge is 0.179 e. The first kappa shape index (κ1) is 7.75. The highest BCUT2D eigenvalue weighted by Crippen LogP contribution is 2.41. The van der Waals surface area contributed by atoms with Crippen molar-refractivity contribution in [2.24, 2.45) is 5.73 Å². The van der Waals surface area contributed by atoms with Crippen LogP contribution < -0.4 is 11.5 Å². The highest BCUT2D eigenvalue weighted by molar-refractivity contribution is 5.72. The molecule has 1 aliphatic rings. The Morgan fingerprint density at radius 3 is 2.79 bits per heavy atom. The molecule has 1 fully saturated rings. The highest BCUT2D eigenvalue weighted by Gasteiger charge is 2.43. The van der Waals surface area contributed by atoms with E-state index in [2.05, 4.69) is 15.0 Å². The number of nitrogens with one attached hydrogen (secondary N) is 1. The van der Waals surface area contributed by atoms with Gasteiger partial charge in [-0.1, -0.05) is 0 Å². The molecular formula is C9H11N5. The van der Waals surface area contributed by atoms with E-state index in [4.69, 9.17) is 11.5 Å². The van der Waals surface area contributed by atoms with Crippen LogP contribution >= 0.6 is 0 Å². The van der Waals surface area contributed by atoms with Gasteiger partial charge in [0.1, 0.15) is 11.6 Å². The maximum Gasteiger partial charge on any atom is 0.179 e. The predicted octanol–water partition coefficient (Wildman–Crippen LogP) is 0.488. The highest BCUT2D eigenvalue weighted by atomic mass is 15.1. The van der Waals surface area contributed by atoms with E-state index in [0.29, 0.717) is 11.5 Å². The molecule has 0 radical (unpaired) electrons. The van der Waals surface area contributed by atoms with Gasteiger partial charge in [0.15, 0.2) is 5.65 Å². The lowest BCUT2D eigenvalue weighted by molar-refractivity contribution is 0.688. The Balaban J connectivity index is 2.20. The van der Waals surface area contributed by atoms with Gasteiger partial charge in [0.05, 0.1) is 11.1 Å². The van der Waals surface area contributed by atoms with E-state index in [9.17, 15) is 0 Å². The van der Waals surface area contributed by atoms with Crippen LogP contribution in [-0.2, 0) is 5.54 Å². The van der Waals surface area contributed by atoms with Crippen LogP contribution in [0.25, 0.3) is 11.2 Å². The molecule has 5 heteroatoms. The van der Waals surface area contributed by atoms with Crippen molar-refractivity contribution < 1.29 is 0 Å². The Hall–Kier alpha value is -1.62. The number of hydrogen-bond donors (Lipinski definition) is 3. The molecule has 0 amide bonds. The first-order valence-electron chi connectivity index (χ1n) is 4.59. The zero-order valence-electron chi connectivity index (χ0n) is 7.62. The fraction of sp³-hybridized carbons (Fsp3) is 0.333. The molecule has 1 aliphatic carbocycles. The lowest BCUT2D eigenvalue weighted by atomic mass is 10.3. The number of imidazole rings is 1. The van der Waals surface area contributed by atoms with Crippen LogP contribution in [0, 0.1) is 0 Å². The Morgan fingerprint density at radius 2 is 2.07 bits per heavy atom. The molecule has 0 aliphatic heterocycles. The minimum absolute atomic E-state index is 0.241. The summed E-state index contributed by atoms with van der Waals surface area (Å²) in [6.45, 7) is 0. The zero-order chi connectivity index (χ0) is 9.76. The first-order valence-corrected chi connectivity index (χ1v) is 4.59. The van der Waals surface area contributed by atoms with Crippen molar-refractivity contribution in [1.29, 1.82) is 0 Å². The summed E-state index contributed by atoms with van der Waals surface area (Å²) in [5, 5.41) is 0. The fourth-order valence-corrected chi connectivity index (χ4v) is 1.51. The van der Waals surface area contributed by atoms with E-state index < -0.39 is 0 Å². The number of H-pyrrole nitrogens is 1. The predicted molar refractivity (Wildman–Crippen MR) is 53.4 cm³/mol. The minimum atomic E-state index is -0.241. The number of nitrogen functional groups attached to an aromatic ring is 1. The number of rotatable bonds is 1. The van der Waals surface area contributed by atoms with E-state index in [-0.39, 0.29) is 5.54 Å². The van der Waals surface area contributed by atoms with E-state index in [1.54, 1.807) is 6.07 Å². The van der Waals surface area contributed by atoms with Crippen LogP contribution in [0.4, 0.5) is 5.82 Å². The van der Waals surface area contributed by atoms with Crippen LogP contribution in [-0.4, -0.2) is 15.0 Å². The van der Waals surface area contributed by atoms with Crippen molar-refractivity contribution in [2.75, 3.05) is 5.73 Å². The number of fused-ring (bicyclic) bond motifs is 1. The topological polar surface area (TPSA) is 93.6 Å². The largest absolute Gasteiger partial charge is 0.384 e. The van der Waals surface area contributed by atoms with Gasteiger partial charge in [-0.2, -0.15) is 0 Å². The van der Waals surface area contributed by atoms with Gasteiger partial charge in [0.25, 0.3) is 0 Å². The van der Waals surface area contributed by atoms with Crippen LogP contribution in [0.5, 0.6) is 0 Å². The van der Waals surface area contributed by atoms with Crippen LogP contribution in [0.15, 0.2) is 12.1 Å². The number of aromatic nitrogens is 3. The molecule has 2 aromatic heterocycles. The van der Waals surface area contributed by atoms with Crippen molar-refractivity contribution in [3.63, 3.8) is 0 Å². The molecule has 72 valence electrons. The summed E-state index contributed by atoms with van der Waals surface area (Å²) in [6, 6.07) is 3.63. The van der Waals surface area contributed by atoms with E-state index >= 15 is 0 Å². The molecule has 0 atom stereocenters. The lowest BCUT2D eigenvalue weighted by Crippen LogP contribution is -2.20. The van der Waals surface area contributed by atoms with Crippen molar-refractivity contribution in [2.45, 2.75) is 18.4 Å². The molecule has 0 bridgehead atoms. The van der Waals surface area contributed by atoms with Crippen LogP contribution in [0.3, 0.4) is 0 Å². The normalized spacial score (nSPS) is 18.6. The Labute approximate surface area is 80.5 Å². The second-order valence-electron chi connectivity index (χ2n) is 3.85. The van der Waals surface area contributed by atoms with Crippen LogP contribution in [0.2, 0.25) is 0 Å². The minimum Gasteiger partial charge on any atom is -0.384 e. The van der Waals surface area contributed by atoms with Crippen molar-refractivity contribution in [3.05, 3.63) is 18.0 Å². The van der Waals surface area contributed by atoms with Gasteiger partial charge in [-0.05, 0) is 25.0 Å². The molecule has 5 N–H and O–H groups in total. The third kappa shape index (κ3) is 0.990. The third-order valence-electron chi connectivity index (χ3n) is 2.63. The van der Waals surface area contributed by atoms with Crippen molar-refractivity contribution in [1.82, 2.24) is 15.0 Å². The summed E-state index contributed by atoms with van der Waals surface area (Å²) in [7, 11) is 0. The molecule has 2 aromatic rings. The summed E-state index contributed by atoms with van der Waals surface area (Å²) in [4.78, 5) is 11.6. The molecule has 1 saturated carbocycles. The monoisotopic (exact) mass is 189 g/mol. The molecule has 5 nitrogen and oxygen atoms in total. The Kier molecular flexibility index (Phi) is 1.24. The van der Waals surface area contributed by atoms with Gasteiger partial charge in [-0.25, -0.2) is 9.97 Å². The summed E-state index contributed by atoms with van der Waals surface area (Å²) < 4.78 is 0. The molecule has 14 heavy (non-hydrogen) atoms. The fourth-order valence-electron chi connectivity index (χ4n) is 1.51. The van der Waals surface area contributed by atoms with Crippen molar-refractivity contribution in [3.8, 4) is 0 Å². The molecule has 0 spiro atoms. The average Bonchev–Trinajstić information content (AvgIpc) is 2.77. The van der Waals surface area contributed by atoms with Gasteiger partial charge in [0.2, 0.25) is 0 Å². The van der Waals surface area contributed by atoms with Crippen molar-refractivity contribution >= 4 is 17.0 Å². The van der Waals surface area contributed by atoms with E-state index in [1.807, 2.05) is 6.07 Å². The third-order valence-corrected chi connectivity index (χ3v) is 2.63. The van der Waals surface area contributed by atoms with Gasteiger partial charge >= 0.3 is 0 Å². The van der Waals surface area contributed by atoms with Gasteiger partial charge in [0, 0.05) is 0 Å². The number of hydrogen-bond acceptors (Lipinski definition) is 4. The standard InChI is InChI=1S/C9H11N5/c10-6-2-1-5-7(13-6)14-8(12-5)9(11)3-4-9/h1-2H,3-4,11H2,(H3,10,12,13,14). The Morgan fingerprint density at radius 1 is 1.29 bits per heavy atom. The Bertz CT molecular complexity index is 497. The van der Waals surface area contributed by atoms with Gasteiger partial charge in [-0.15, -0.1) is 0 Å². The number of nitrogens with two attached hydrogens (primary N) is 2. The molecular weight excluding hydrogens is 178 g/mol. The average molecular weight is 189 g/mol. The molecule has 2 heterocycles. The first-order chi connectivity index (χ1) is 6.67.